The molecule has 3 aromatic carbocycles. The first-order valence-corrected chi connectivity index (χ1v) is 17.2. The Morgan fingerprint density at radius 1 is 0.827 bits per heavy atom. The summed E-state index contributed by atoms with van der Waals surface area (Å²) in [6.45, 7) is 4.17. The molecule has 5 rings (SSSR count). The summed E-state index contributed by atoms with van der Waals surface area (Å²) in [5.41, 5.74) is -7.26. The second-order valence-electron chi connectivity index (χ2n) is 12.7. The van der Waals surface area contributed by atoms with Crippen LogP contribution in [0.1, 0.15) is 44.2 Å². The fourth-order valence-electron chi connectivity index (χ4n) is 6.04. The molecule has 0 aromatic heterocycles. The van der Waals surface area contributed by atoms with Gasteiger partial charge in [0.05, 0.1) is 22.7 Å². The topological polar surface area (TPSA) is 79.0 Å². The Hall–Kier alpha value is -4.12. The second kappa shape index (κ2) is 16.3. The van der Waals surface area contributed by atoms with E-state index in [1.54, 1.807) is 17.0 Å². The number of nitrogens with one attached hydrogen (secondary N) is 1. The largest absolute Gasteiger partial charge is 0.430 e. The molecule has 0 bridgehead atoms. The third kappa shape index (κ3) is 9.26. The molecule has 17 heteroatoms. The lowest BCUT2D eigenvalue weighted by Crippen LogP contribution is -2.55. The zero-order valence-electron chi connectivity index (χ0n) is 28.0. The van der Waals surface area contributed by atoms with Gasteiger partial charge in [0.25, 0.3) is 5.60 Å². The number of alkyl halides is 6. The normalized spacial score (nSPS) is 18.3. The fourth-order valence-corrected chi connectivity index (χ4v) is 7.46. The molecular formula is C35H36F9N3O4S. The lowest BCUT2D eigenvalue weighted by atomic mass is 9.89. The van der Waals surface area contributed by atoms with Crippen LogP contribution in [0.3, 0.4) is 0 Å². The number of nitrogens with zero attached hydrogens (tertiary/aromatic N) is 2. The summed E-state index contributed by atoms with van der Waals surface area (Å²) in [6.07, 6.45) is -9.73. The van der Waals surface area contributed by atoms with E-state index < -0.39 is 58.1 Å². The number of carbonyl (C=O) groups excluding carboxylic acids is 2. The van der Waals surface area contributed by atoms with E-state index in [9.17, 15) is 53.3 Å². The van der Waals surface area contributed by atoms with Crippen LogP contribution in [-0.4, -0.2) is 75.3 Å². The zero-order chi connectivity index (χ0) is 38.5. The molecule has 2 heterocycles. The van der Waals surface area contributed by atoms with E-state index >= 15 is 0 Å². The Labute approximate surface area is 296 Å². The molecule has 2 atom stereocenters. The molecule has 1 N–H and O–H groups in total. The molecule has 284 valence electrons. The third-order valence-electron chi connectivity index (χ3n) is 8.85. The van der Waals surface area contributed by atoms with Gasteiger partial charge in [0.2, 0.25) is 5.91 Å². The highest BCUT2D eigenvalue weighted by Gasteiger charge is 2.73. The van der Waals surface area contributed by atoms with Gasteiger partial charge < -0.3 is 19.9 Å². The Morgan fingerprint density at radius 3 is 1.90 bits per heavy atom. The first-order chi connectivity index (χ1) is 24.3. The summed E-state index contributed by atoms with van der Waals surface area (Å²) in [6, 6.07) is 12.3. The van der Waals surface area contributed by atoms with Gasteiger partial charge in [-0.1, -0.05) is 36.4 Å². The van der Waals surface area contributed by atoms with Crippen molar-refractivity contribution in [1.29, 1.82) is 0 Å². The summed E-state index contributed by atoms with van der Waals surface area (Å²) in [7, 11) is -1.25. The summed E-state index contributed by atoms with van der Waals surface area (Å²) >= 11 is 0. The van der Waals surface area contributed by atoms with Crippen molar-refractivity contribution < 1.29 is 58.0 Å². The maximum atomic E-state index is 13.5. The first-order valence-electron chi connectivity index (χ1n) is 16.0. The third-order valence-corrected chi connectivity index (χ3v) is 10.6. The van der Waals surface area contributed by atoms with Crippen molar-refractivity contribution in [2.24, 2.45) is 0 Å². The summed E-state index contributed by atoms with van der Waals surface area (Å²) < 4.78 is 138. The van der Waals surface area contributed by atoms with Crippen LogP contribution in [0, 0.1) is 17.5 Å². The number of amides is 3. The van der Waals surface area contributed by atoms with Crippen LogP contribution in [-0.2, 0) is 32.5 Å². The van der Waals surface area contributed by atoms with Crippen LogP contribution in [0.2, 0.25) is 0 Å². The number of piperidine rings is 1. The Balaban J connectivity index is 0.000000234. The van der Waals surface area contributed by atoms with E-state index in [1.165, 1.54) is 25.1 Å². The van der Waals surface area contributed by atoms with Crippen LogP contribution in [0.5, 0.6) is 0 Å². The monoisotopic (exact) mass is 765 g/mol. The second-order valence-corrected chi connectivity index (χ2v) is 14.4. The van der Waals surface area contributed by atoms with E-state index in [1.807, 2.05) is 11.8 Å². The average Bonchev–Trinajstić information content (AvgIpc) is 3.56. The van der Waals surface area contributed by atoms with Gasteiger partial charge in [0, 0.05) is 54.7 Å². The highest BCUT2D eigenvalue weighted by molar-refractivity contribution is 7.85. The highest BCUT2D eigenvalue weighted by Crippen LogP contribution is 2.53. The Bertz CT molecular complexity index is 1680. The van der Waals surface area contributed by atoms with Crippen molar-refractivity contribution in [3.05, 3.63) is 101 Å². The van der Waals surface area contributed by atoms with E-state index in [0.29, 0.717) is 61.8 Å². The van der Waals surface area contributed by atoms with Crippen molar-refractivity contribution in [3.8, 4) is 0 Å². The molecule has 0 aliphatic carbocycles. The molecule has 2 aliphatic heterocycles. The number of likely N-dealkylation sites (tertiary alicyclic amines) is 2. The highest BCUT2D eigenvalue weighted by atomic mass is 32.2. The van der Waals surface area contributed by atoms with Crippen molar-refractivity contribution in [1.82, 2.24) is 15.1 Å². The van der Waals surface area contributed by atoms with E-state index in [4.69, 9.17) is 0 Å². The number of benzene rings is 3. The van der Waals surface area contributed by atoms with E-state index in [0.717, 1.165) is 31.0 Å². The fraction of sp³-hybridized carbons (Fsp3) is 0.429. The van der Waals surface area contributed by atoms with Gasteiger partial charge in [-0.25, -0.2) is 18.0 Å². The van der Waals surface area contributed by atoms with Crippen molar-refractivity contribution in [2.45, 2.75) is 73.4 Å². The maximum absolute atomic E-state index is 13.5. The Morgan fingerprint density at radius 2 is 1.38 bits per heavy atom. The molecule has 0 radical (unpaired) electrons. The predicted molar refractivity (Wildman–Crippen MR) is 173 cm³/mol. The molecule has 2 aliphatic rings. The minimum Gasteiger partial charge on any atom is -0.351 e. The van der Waals surface area contributed by atoms with Crippen molar-refractivity contribution in [3.63, 3.8) is 0 Å². The zero-order valence-corrected chi connectivity index (χ0v) is 28.8. The summed E-state index contributed by atoms with van der Waals surface area (Å²) in [4.78, 5) is 28.3. The van der Waals surface area contributed by atoms with Crippen LogP contribution >= 0.6 is 0 Å². The van der Waals surface area contributed by atoms with Crippen LogP contribution in [0.15, 0.2) is 77.7 Å². The van der Waals surface area contributed by atoms with Crippen LogP contribution in [0.4, 0.5) is 44.3 Å². The molecule has 0 spiro atoms. The molecule has 0 saturated carbocycles. The summed E-state index contributed by atoms with van der Waals surface area (Å²) in [5.74, 6) is -3.03. The Kier molecular flexibility index (Phi) is 12.7. The van der Waals surface area contributed by atoms with Gasteiger partial charge in [-0.05, 0) is 62.6 Å². The van der Waals surface area contributed by atoms with Gasteiger partial charge >= 0.3 is 18.4 Å². The molecule has 7 nitrogen and oxygen atoms in total. The molecule has 2 unspecified atom stereocenters. The lowest BCUT2D eigenvalue weighted by molar-refractivity contribution is -0.392. The minimum atomic E-state index is -5.92. The quantitative estimate of drug-likeness (QED) is 0.251. The first kappa shape index (κ1) is 40.6. The predicted octanol–water partition coefficient (Wildman–Crippen LogP) is 7.62. The smallest absolute Gasteiger partial charge is 0.351 e. The lowest BCUT2D eigenvalue weighted by Gasteiger charge is -2.40. The molecule has 3 aromatic rings. The molecular weight excluding hydrogens is 729 g/mol. The molecule has 2 fully saturated rings. The van der Waals surface area contributed by atoms with Crippen LogP contribution < -0.4 is 5.32 Å². The van der Waals surface area contributed by atoms with Crippen molar-refractivity contribution in [2.75, 3.05) is 26.2 Å². The minimum absolute atomic E-state index is 0.0292. The van der Waals surface area contributed by atoms with Gasteiger partial charge in [-0.2, -0.15) is 26.3 Å². The maximum Gasteiger partial charge on any atom is 0.430 e. The molecule has 3 amide bonds. The number of halogens is 9. The van der Waals surface area contributed by atoms with E-state index in [2.05, 4.69) is 10.1 Å². The average molecular weight is 766 g/mol. The number of rotatable bonds is 7. The van der Waals surface area contributed by atoms with Gasteiger partial charge in [-0.3, -0.25) is 9.00 Å². The SMILES string of the molecule is CC(=O)NC1(C)CCN(C(=O)N2CCC(S(=O)c3ccc(F)cc3)C2)CC1.Fc1cccc(F)c1COC(c1ccccc1)(C(F)(F)F)C(F)(F)F. The van der Waals surface area contributed by atoms with Crippen LogP contribution in [0.25, 0.3) is 0 Å². The number of carbonyl (C=O) groups is 2. The van der Waals surface area contributed by atoms with E-state index in [-0.39, 0.29) is 28.5 Å². The molecule has 2 saturated heterocycles. The van der Waals surface area contributed by atoms with Crippen molar-refractivity contribution >= 4 is 22.7 Å². The molecule has 52 heavy (non-hydrogen) atoms. The number of urea groups is 1. The summed E-state index contributed by atoms with van der Waals surface area (Å²) in [5, 5.41) is 2.84. The van der Waals surface area contributed by atoms with Gasteiger partial charge in [-0.15, -0.1) is 0 Å². The number of ether oxygens (including phenoxy) is 1. The number of hydrogen-bond donors (Lipinski definition) is 1. The van der Waals surface area contributed by atoms with Gasteiger partial charge in [0.15, 0.2) is 0 Å². The number of hydrogen-bond acceptors (Lipinski definition) is 4. The standard InChI is InChI=1S/C19H26FN3O3S.C16H10F8O/c1-14(24)21-19(2)8-11-22(12-9-19)18(25)23-10-7-17(13-23)27(26)16-5-3-15(20)4-6-16;17-12-7-4-8-13(18)11(12)9-25-14(15(19,20)21,16(22,23)24)10-5-2-1-3-6-10/h3-6,17H,7-13H2,1-2H3,(H,21,24);1-8H,9H2. The van der Waals surface area contributed by atoms with Gasteiger partial charge in [0.1, 0.15) is 17.5 Å².